The van der Waals surface area contributed by atoms with Gasteiger partial charge >= 0.3 is 35.7 Å². The third-order valence-electron chi connectivity index (χ3n) is 4.16. The molecule has 0 atom stereocenters. The van der Waals surface area contributed by atoms with E-state index in [0.717, 1.165) is 23.2 Å². The van der Waals surface area contributed by atoms with Gasteiger partial charge in [-0.3, -0.25) is 4.79 Å². The van der Waals surface area contributed by atoms with Gasteiger partial charge in [-0.2, -0.15) is 14.7 Å². The molecule has 4 aromatic rings. The van der Waals surface area contributed by atoms with E-state index in [1.807, 2.05) is 36.4 Å². The van der Waals surface area contributed by atoms with Crippen LogP contribution in [0.4, 0.5) is 0 Å². The van der Waals surface area contributed by atoms with Gasteiger partial charge in [-0.05, 0) is 18.1 Å². The maximum Gasteiger partial charge on any atom is 1.00 e. The largest absolute Gasteiger partial charge is 1.00 e. The minimum Gasteiger partial charge on any atom is -0.344 e. The summed E-state index contributed by atoms with van der Waals surface area (Å²) in [7, 11) is 0. The van der Waals surface area contributed by atoms with Crippen LogP contribution in [-0.4, -0.2) is 30.5 Å². The van der Waals surface area contributed by atoms with Gasteiger partial charge in [-0.15, -0.1) is 16.7 Å². The van der Waals surface area contributed by atoms with Crippen LogP contribution in [0.5, 0.6) is 0 Å². The van der Waals surface area contributed by atoms with Gasteiger partial charge in [0.2, 0.25) is 0 Å². The van der Waals surface area contributed by atoms with Gasteiger partial charge in [-0.25, -0.2) is 4.52 Å². The first kappa shape index (κ1) is 21.7. The maximum atomic E-state index is 12.4. The van der Waals surface area contributed by atoms with Crippen molar-refractivity contribution in [3.63, 3.8) is 0 Å². The number of pyridine rings is 1. The second-order valence-electron chi connectivity index (χ2n) is 5.61. The molecule has 0 saturated heterocycles. The van der Waals surface area contributed by atoms with Crippen LogP contribution in [0.3, 0.4) is 0 Å². The molecule has 3 aromatic heterocycles. The molecule has 136 valence electrons. The van der Waals surface area contributed by atoms with Crippen molar-refractivity contribution in [3.8, 4) is 11.1 Å². The van der Waals surface area contributed by atoms with Gasteiger partial charge in [0.05, 0.1) is 11.3 Å². The Bertz CT molecular complexity index is 1200. The van der Waals surface area contributed by atoms with E-state index in [-0.39, 0.29) is 41.3 Å². The summed E-state index contributed by atoms with van der Waals surface area (Å²) < 4.78 is 3.23. The van der Waals surface area contributed by atoms with Crippen molar-refractivity contribution in [1.29, 1.82) is 0 Å². The summed E-state index contributed by atoms with van der Waals surface area (Å²) in [6, 6.07) is 11.8. The van der Waals surface area contributed by atoms with Crippen molar-refractivity contribution >= 4 is 22.8 Å². The topological polar surface area (TPSA) is 99.2 Å². The van der Waals surface area contributed by atoms with E-state index in [4.69, 9.17) is 9.59 Å². The van der Waals surface area contributed by atoms with Crippen molar-refractivity contribution in [3.05, 3.63) is 65.6 Å². The fourth-order valence-corrected chi connectivity index (χ4v) is 2.95. The zero-order valence-electron chi connectivity index (χ0n) is 15.6. The molecule has 0 fully saturated rings. The zero-order valence-corrected chi connectivity index (χ0v) is 17.6. The van der Waals surface area contributed by atoms with E-state index in [9.17, 15) is 4.79 Å². The summed E-state index contributed by atoms with van der Waals surface area (Å²) in [6.45, 7) is 6.15. The molecule has 0 unspecified atom stereocenters. The number of fused-ring (bicyclic) bond motifs is 3. The van der Waals surface area contributed by atoms with Crippen molar-refractivity contribution in [2.75, 3.05) is 0 Å². The average molecular weight is 385 g/mol. The molecule has 4 rings (SSSR count). The second kappa shape index (κ2) is 9.52. The first-order valence-corrected chi connectivity index (χ1v) is 8.27. The van der Waals surface area contributed by atoms with Crippen molar-refractivity contribution in [1.82, 2.24) is 24.4 Å². The number of carbonyl (C=O) groups excluding carboxylic acids is 2. The predicted molar refractivity (Wildman–Crippen MR) is 97.7 cm³/mol. The minimum absolute atomic E-state index is 0. The number of aromatic nitrogens is 5. The van der Waals surface area contributed by atoms with Gasteiger partial charge in [0.1, 0.15) is 5.52 Å². The summed E-state index contributed by atoms with van der Waals surface area (Å²) in [5.41, 5.74) is 4.37. The Morgan fingerprint density at radius 3 is 2.39 bits per heavy atom. The van der Waals surface area contributed by atoms with Crippen LogP contribution < -0.4 is 35.1 Å². The van der Waals surface area contributed by atoms with Gasteiger partial charge in [0.25, 0.3) is 5.56 Å². The number of hydrogen-bond acceptors (Lipinski definition) is 6. The van der Waals surface area contributed by atoms with Gasteiger partial charge in [0, 0.05) is 6.20 Å². The second-order valence-corrected chi connectivity index (χ2v) is 5.61. The standard InChI is InChI=1S/C18H16N5O.CO2.Na/c1-3-13-15(12-8-6-5-7-9-12)17-20-19-16-14(23(17)21-13)10-11-22(4-2)18(16)24;2-1-3;/h5-11H,2-4H2,1H3;;/q-1;;+1. The van der Waals surface area contributed by atoms with Crippen LogP contribution in [0.1, 0.15) is 12.6 Å². The van der Waals surface area contributed by atoms with Gasteiger partial charge < -0.3 is 11.5 Å². The van der Waals surface area contributed by atoms with E-state index in [1.54, 1.807) is 10.7 Å². The molecule has 0 N–H and O–H groups in total. The number of aryl methyl sites for hydroxylation is 1. The molecular weight excluding hydrogens is 369 g/mol. The monoisotopic (exact) mass is 385 g/mol. The molecule has 0 amide bonds. The minimum atomic E-state index is -0.202. The molecule has 3 heterocycles. The molecule has 0 radical (unpaired) electrons. The fraction of sp³-hybridized carbons (Fsp3) is 0.158. The smallest absolute Gasteiger partial charge is 0.344 e. The average Bonchev–Trinajstić information content (AvgIpc) is 3.08. The van der Waals surface area contributed by atoms with Crippen LogP contribution in [0, 0.1) is 6.92 Å². The summed E-state index contributed by atoms with van der Waals surface area (Å²) in [5, 5.41) is 13.2. The molecular formula is C19H16N5NaO3. The molecule has 0 aliphatic rings. The molecule has 0 saturated carbocycles. The summed E-state index contributed by atoms with van der Waals surface area (Å²) in [4.78, 5) is 28.7. The summed E-state index contributed by atoms with van der Waals surface area (Å²) in [5.74, 6) is 0. The Balaban J connectivity index is 0.000000660. The Kier molecular flexibility index (Phi) is 7.37. The molecule has 0 bridgehead atoms. The van der Waals surface area contributed by atoms with Gasteiger partial charge in [0.15, 0.2) is 11.2 Å². The van der Waals surface area contributed by atoms with Crippen LogP contribution in [0.2, 0.25) is 0 Å². The first-order valence-electron chi connectivity index (χ1n) is 8.27. The van der Waals surface area contributed by atoms with Crippen LogP contribution in [-0.2, 0) is 22.6 Å². The SMILES string of the molecule is O=C=O.[CH2-]Cn1ccc2c(nnc3c(-c4ccccc4)c(CC)nn32)c1=O.[Na+]. The van der Waals surface area contributed by atoms with E-state index in [0.29, 0.717) is 23.2 Å². The maximum absolute atomic E-state index is 12.4. The van der Waals surface area contributed by atoms with E-state index < -0.39 is 0 Å². The Labute approximate surface area is 182 Å². The predicted octanol–water partition coefficient (Wildman–Crippen LogP) is -1.08. The van der Waals surface area contributed by atoms with E-state index >= 15 is 0 Å². The summed E-state index contributed by atoms with van der Waals surface area (Å²) in [6.07, 6.45) is 2.74. The summed E-state index contributed by atoms with van der Waals surface area (Å²) >= 11 is 0. The first-order chi connectivity index (χ1) is 13.2. The number of rotatable bonds is 3. The molecule has 8 nitrogen and oxygen atoms in total. The number of hydrogen-bond donors (Lipinski definition) is 0. The van der Waals surface area contributed by atoms with Crippen molar-refractivity contribution < 1.29 is 39.1 Å². The van der Waals surface area contributed by atoms with Crippen LogP contribution in [0.15, 0.2) is 47.4 Å². The van der Waals surface area contributed by atoms with Crippen molar-refractivity contribution in [2.45, 2.75) is 19.9 Å². The normalized spacial score (nSPS) is 10.1. The molecule has 28 heavy (non-hydrogen) atoms. The number of nitrogens with zero attached hydrogens (tertiary/aromatic N) is 5. The Morgan fingerprint density at radius 1 is 1.11 bits per heavy atom. The van der Waals surface area contributed by atoms with Crippen LogP contribution in [0.25, 0.3) is 27.8 Å². The Morgan fingerprint density at radius 2 is 1.79 bits per heavy atom. The van der Waals surface area contributed by atoms with Gasteiger partial charge in [-0.1, -0.05) is 37.3 Å². The number of benzene rings is 1. The third kappa shape index (κ3) is 3.81. The Hall–Kier alpha value is -2.64. The van der Waals surface area contributed by atoms with E-state index in [2.05, 4.69) is 29.1 Å². The van der Waals surface area contributed by atoms with Crippen LogP contribution >= 0.6 is 0 Å². The fourth-order valence-electron chi connectivity index (χ4n) is 2.95. The van der Waals surface area contributed by atoms with Crippen molar-refractivity contribution in [2.24, 2.45) is 0 Å². The molecule has 9 heteroatoms. The molecule has 0 aliphatic carbocycles. The quantitative estimate of drug-likeness (QED) is 0.329. The zero-order chi connectivity index (χ0) is 19.4. The molecule has 0 spiro atoms. The molecule has 1 aromatic carbocycles. The van der Waals surface area contributed by atoms with E-state index in [1.165, 1.54) is 4.57 Å². The third-order valence-corrected chi connectivity index (χ3v) is 4.16. The molecule has 0 aliphatic heterocycles.